The van der Waals surface area contributed by atoms with Gasteiger partial charge in [0.05, 0.1) is 35.6 Å². The van der Waals surface area contributed by atoms with Crippen LogP contribution in [-0.2, 0) is 0 Å². The van der Waals surface area contributed by atoms with Gasteiger partial charge in [0.1, 0.15) is 5.75 Å². The monoisotopic (exact) mass is 297 g/mol. The van der Waals surface area contributed by atoms with Gasteiger partial charge in [-0.1, -0.05) is 6.07 Å². The molecule has 0 aliphatic rings. The number of hydrogen-bond acceptors (Lipinski definition) is 5. The number of fused-ring (bicyclic) bond motifs is 1. The molecule has 112 valence electrons. The third-order valence-electron chi connectivity index (χ3n) is 3.42. The quantitative estimate of drug-likeness (QED) is 0.636. The number of rotatable bonds is 3. The zero-order valence-corrected chi connectivity index (χ0v) is 12.2. The molecule has 3 aromatic rings. The van der Waals surface area contributed by atoms with Gasteiger partial charge in [-0.2, -0.15) is 5.10 Å². The van der Waals surface area contributed by atoms with Crippen LogP contribution in [0.4, 0.5) is 5.69 Å². The minimum atomic E-state index is -0.197. The number of nitrogens with zero attached hydrogens (tertiary/aromatic N) is 2. The second-order valence-corrected chi connectivity index (χ2v) is 4.72. The molecule has 0 saturated carbocycles. The molecule has 0 fully saturated rings. The van der Waals surface area contributed by atoms with Gasteiger partial charge in [-0.15, -0.1) is 0 Å². The Labute approximate surface area is 126 Å². The van der Waals surface area contributed by atoms with Gasteiger partial charge in [-0.25, -0.2) is 4.98 Å². The summed E-state index contributed by atoms with van der Waals surface area (Å²) in [7, 11) is 3.14. The van der Waals surface area contributed by atoms with Crippen LogP contribution in [0.25, 0.3) is 22.3 Å². The Hall–Kier alpha value is -3.09. The highest BCUT2D eigenvalue weighted by Crippen LogP contribution is 2.29. The second-order valence-electron chi connectivity index (χ2n) is 4.72. The molecule has 7 heteroatoms. The van der Waals surface area contributed by atoms with Crippen LogP contribution >= 0.6 is 0 Å². The van der Waals surface area contributed by atoms with Crippen LogP contribution in [0.15, 0.2) is 30.5 Å². The highest BCUT2D eigenvalue weighted by molar-refractivity contribution is 6.06. The third-order valence-corrected chi connectivity index (χ3v) is 3.42. The van der Waals surface area contributed by atoms with Gasteiger partial charge in [-0.3, -0.25) is 9.89 Å². The number of nitrogen functional groups attached to an aromatic ring is 1. The van der Waals surface area contributed by atoms with E-state index >= 15 is 0 Å². The molecule has 0 radical (unpaired) electrons. The summed E-state index contributed by atoms with van der Waals surface area (Å²) in [5, 5.41) is 10.0. The SMILES string of the molecule is CNC(=O)c1cc(-c2ccc(N)c(OC)c2)nc2[nH]ncc12. The smallest absolute Gasteiger partial charge is 0.251 e. The molecule has 1 aromatic carbocycles. The number of methoxy groups -OCH3 is 1. The fraction of sp³-hybridized carbons (Fsp3) is 0.133. The second kappa shape index (κ2) is 5.36. The summed E-state index contributed by atoms with van der Waals surface area (Å²) < 4.78 is 5.23. The first-order valence-corrected chi connectivity index (χ1v) is 6.64. The standard InChI is InChI=1S/C15H15N5O2/c1-17-15(21)9-6-12(19-14-10(9)7-18-20-14)8-3-4-11(16)13(5-8)22-2/h3-7H,16H2,1-2H3,(H,17,21)(H,18,19,20). The van der Waals surface area contributed by atoms with Gasteiger partial charge in [0, 0.05) is 12.6 Å². The fourth-order valence-corrected chi connectivity index (χ4v) is 2.27. The molecule has 0 unspecified atom stereocenters. The van der Waals surface area contributed by atoms with Gasteiger partial charge >= 0.3 is 0 Å². The number of nitrogens with one attached hydrogen (secondary N) is 2. The number of carbonyl (C=O) groups is 1. The Morgan fingerprint density at radius 2 is 2.18 bits per heavy atom. The van der Waals surface area contributed by atoms with Crippen LogP contribution in [0, 0.1) is 0 Å². The number of anilines is 1. The van der Waals surface area contributed by atoms with Gasteiger partial charge in [0.25, 0.3) is 5.91 Å². The number of H-pyrrole nitrogens is 1. The maximum absolute atomic E-state index is 12.1. The molecule has 3 rings (SSSR count). The largest absolute Gasteiger partial charge is 0.495 e. The Morgan fingerprint density at radius 3 is 2.91 bits per heavy atom. The maximum Gasteiger partial charge on any atom is 0.251 e. The van der Waals surface area contributed by atoms with Crippen molar-refractivity contribution in [3.05, 3.63) is 36.0 Å². The first-order chi connectivity index (χ1) is 10.6. The summed E-state index contributed by atoms with van der Waals surface area (Å²) >= 11 is 0. The van der Waals surface area contributed by atoms with Gasteiger partial charge in [0.15, 0.2) is 5.65 Å². The van der Waals surface area contributed by atoms with E-state index in [1.165, 1.54) is 0 Å². The van der Waals surface area contributed by atoms with E-state index in [9.17, 15) is 4.79 Å². The van der Waals surface area contributed by atoms with Gasteiger partial charge < -0.3 is 15.8 Å². The minimum absolute atomic E-state index is 0.197. The van der Waals surface area contributed by atoms with Gasteiger partial charge in [-0.05, 0) is 18.2 Å². The lowest BCUT2D eigenvalue weighted by Gasteiger charge is -2.09. The molecule has 4 N–H and O–H groups in total. The van der Waals surface area contributed by atoms with E-state index < -0.39 is 0 Å². The summed E-state index contributed by atoms with van der Waals surface area (Å²) in [6, 6.07) is 7.08. The normalized spacial score (nSPS) is 10.6. The van der Waals surface area contributed by atoms with E-state index in [2.05, 4.69) is 20.5 Å². The maximum atomic E-state index is 12.1. The number of benzene rings is 1. The van der Waals surface area contributed by atoms with E-state index in [1.807, 2.05) is 6.07 Å². The number of amides is 1. The molecule has 0 aliphatic carbocycles. The van der Waals surface area contributed by atoms with Crippen molar-refractivity contribution in [2.24, 2.45) is 0 Å². The molecule has 22 heavy (non-hydrogen) atoms. The van der Waals surface area contributed by atoms with Crippen molar-refractivity contribution in [1.29, 1.82) is 0 Å². The van der Waals surface area contributed by atoms with E-state index in [0.717, 1.165) is 5.56 Å². The lowest BCUT2D eigenvalue weighted by molar-refractivity contribution is 0.0964. The zero-order chi connectivity index (χ0) is 15.7. The molecule has 0 bridgehead atoms. The van der Waals surface area contributed by atoms with Crippen molar-refractivity contribution in [3.63, 3.8) is 0 Å². The number of hydrogen-bond donors (Lipinski definition) is 3. The number of ether oxygens (including phenoxy) is 1. The van der Waals surface area contributed by atoms with E-state index in [1.54, 1.807) is 38.6 Å². The first-order valence-electron chi connectivity index (χ1n) is 6.64. The zero-order valence-electron chi connectivity index (χ0n) is 12.2. The Morgan fingerprint density at radius 1 is 1.36 bits per heavy atom. The molecule has 0 saturated heterocycles. The summed E-state index contributed by atoms with van der Waals surface area (Å²) in [5.74, 6) is 0.364. The number of aromatic nitrogens is 3. The summed E-state index contributed by atoms with van der Waals surface area (Å²) in [6.07, 6.45) is 1.58. The molecule has 7 nitrogen and oxygen atoms in total. The molecule has 2 heterocycles. The molecular formula is C15H15N5O2. The lowest BCUT2D eigenvalue weighted by Crippen LogP contribution is -2.18. The number of carbonyl (C=O) groups excluding carboxylic acids is 1. The molecule has 1 amide bonds. The summed E-state index contributed by atoms with van der Waals surface area (Å²) in [6.45, 7) is 0. The number of aromatic amines is 1. The Balaban J connectivity index is 2.21. The van der Waals surface area contributed by atoms with Crippen LogP contribution in [0.2, 0.25) is 0 Å². The van der Waals surface area contributed by atoms with Crippen molar-refractivity contribution in [2.75, 3.05) is 19.9 Å². The van der Waals surface area contributed by atoms with E-state index in [0.29, 0.717) is 33.7 Å². The van der Waals surface area contributed by atoms with Crippen molar-refractivity contribution in [3.8, 4) is 17.0 Å². The van der Waals surface area contributed by atoms with Crippen LogP contribution < -0.4 is 15.8 Å². The fourth-order valence-electron chi connectivity index (χ4n) is 2.27. The topological polar surface area (TPSA) is 106 Å². The minimum Gasteiger partial charge on any atom is -0.495 e. The molecular weight excluding hydrogens is 282 g/mol. The van der Waals surface area contributed by atoms with E-state index in [4.69, 9.17) is 10.5 Å². The highest BCUT2D eigenvalue weighted by atomic mass is 16.5. The first kappa shape index (κ1) is 13.9. The molecule has 2 aromatic heterocycles. The van der Waals surface area contributed by atoms with Crippen molar-refractivity contribution in [2.45, 2.75) is 0 Å². The van der Waals surface area contributed by atoms with Crippen LogP contribution in [-0.4, -0.2) is 35.2 Å². The van der Waals surface area contributed by atoms with Crippen LogP contribution in [0.5, 0.6) is 5.75 Å². The summed E-state index contributed by atoms with van der Waals surface area (Å²) in [4.78, 5) is 16.6. The number of pyridine rings is 1. The average molecular weight is 297 g/mol. The van der Waals surface area contributed by atoms with Crippen molar-refractivity contribution in [1.82, 2.24) is 20.5 Å². The highest BCUT2D eigenvalue weighted by Gasteiger charge is 2.15. The average Bonchev–Trinajstić information content (AvgIpc) is 3.02. The lowest BCUT2D eigenvalue weighted by atomic mass is 10.1. The molecule has 0 spiro atoms. The van der Waals surface area contributed by atoms with E-state index in [-0.39, 0.29) is 5.91 Å². The van der Waals surface area contributed by atoms with Crippen molar-refractivity contribution < 1.29 is 9.53 Å². The van der Waals surface area contributed by atoms with Crippen LogP contribution in [0.1, 0.15) is 10.4 Å². The predicted octanol–water partition coefficient (Wildman–Crippen LogP) is 1.58. The third kappa shape index (κ3) is 2.22. The Bertz CT molecular complexity index is 856. The van der Waals surface area contributed by atoms with Crippen molar-refractivity contribution >= 4 is 22.6 Å². The number of nitrogens with two attached hydrogens (primary N) is 1. The summed E-state index contributed by atoms with van der Waals surface area (Å²) in [5.41, 5.74) is 8.85. The molecule has 0 aliphatic heterocycles. The predicted molar refractivity (Wildman–Crippen MR) is 83.7 cm³/mol. The van der Waals surface area contributed by atoms with Crippen LogP contribution in [0.3, 0.4) is 0 Å². The van der Waals surface area contributed by atoms with Gasteiger partial charge in [0.2, 0.25) is 0 Å². The Kier molecular flexibility index (Phi) is 3.38. The molecule has 0 atom stereocenters.